The molecule has 7 heteroatoms. The van der Waals surface area contributed by atoms with Crippen LogP contribution in [0.15, 0.2) is 23.8 Å². The van der Waals surface area contributed by atoms with Crippen molar-refractivity contribution in [3.05, 3.63) is 40.5 Å². The highest BCUT2D eigenvalue weighted by atomic mass is 19.4. The average molecular weight is 296 g/mol. The highest BCUT2D eigenvalue weighted by molar-refractivity contribution is 5.86. The summed E-state index contributed by atoms with van der Waals surface area (Å²) in [4.78, 5) is 10.6. The number of aldehydes is 1. The van der Waals surface area contributed by atoms with E-state index in [1.54, 1.807) is 0 Å². The third-order valence-electron chi connectivity index (χ3n) is 2.79. The molecule has 110 valence electrons. The zero-order valence-corrected chi connectivity index (χ0v) is 10.5. The Hall–Kier alpha value is -1.79. The Bertz CT molecular complexity index is 519. The van der Waals surface area contributed by atoms with Crippen molar-refractivity contribution in [3.8, 4) is 0 Å². The van der Waals surface area contributed by atoms with E-state index >= 15 is 0 Å². The lowest BCUT2D eigenvalue weighted by Crippen LogP contribution is -2.11. The quantitative estimate of drug-likeness (QED) is 0.438. The zero-order valence-electron chi connectivity index (χ0n) is 10.5. The van der Waals surface area contributed by atoms with E-state index in [4.69, 9.17) is 0 Å². The lowest BCUT2D eigenvalue weighted by atomic mass is 9.97. The van der Waals surface area contributed by atoms with Gasteiger partial charge in [-0.15, -0.1) is 0 Å². The fourth-order valence-corrected chi connectivity index (χ4v) is 1.49. The smallest absolute Gasteiger partial charge is 0.298 e. The third-order valence-corrected chi connectivity index (χ3v) is 2.79. The normalized spacial score (nSPS) is 14.0. The molecule has 20 heavy (non-hydrogen) atoms. The summed E-state index contributed by atoms with van der Waals surface area (Å²) in [7, 11) is 0. The number of allylic oxidation sites excluding steroid dienone is 2. The highest BCUT2D eigenvalue weighted by Gasteiger charge is 2.37. The minimum atomic E-state index is -4.90. The van der Waals surface area contributed by atoms with Crippen LogP contribution in [0.1, 0.15) is 30.5 Å². The first-order valence-electron chi connectivity index (χ1n) is 5.39. The van der Waals surface area contributed by atoms with Gasteiger partial charge in [0, 0.05) is 0 Å². The number of benzene rings is 1. The first kappa shape index (κ1) is 16.3. The van der Waals surface area contributed by atoms with Crippen molar-refractivity contribution in [2.24, 2.45) is 0 Å². The highest BCUT2D eigenvalue weighted by Crippen LogP contribution is 2.37. The molecular weight excluding hydrogens is 286 g/mol. The van der Waals surface area contributed by atoms with E-state index in [2.05, 4.69) is 0 Å². The van der Waals surface area contributed by atoms with E-state index in [1.807, 2.05) is 0 Å². The lowest BCUT2D eigenvalue weighted by molar-refractivity contribution is -0.143. The molecule has 0 radical (unpaired) electrons. The molecule has 0 saturated carbocycles. The maximum absolute atomic E-state index is 12.6. The van der Waals surface area contributed by atoms with Gasteiger partial charge in [0.15, 0.2) is 0 Å². The summed E-state index contributed by atoms with van der Waals surface area (Å²) in [6.45, 7) is 2.61. The van der Waals surface area contributed by atoms with Crippen LogP contribution in [-0.2, 0) is 17.1 Å². The molecule has 0 aliphatic heterocycles. The largest absolute Gasteiger partial charge is 0.416 e. The molecule has 0 saturated heterocycles. The molecule has 0 unspecified atom stereocenters. The van der Waals surface area contributed by atoms with Gasteiger partial charge in [0.05, 0.1) is 11.1 Å². The fraction of sp³-hybridized carbons (Fsp3) is 0.308. The monoisotopic (exact) mass is 296 g/mol. The molecule has 1 nitrogen and oxygen atoms in total. The first-order chi connectivity index (χ1) is 8.96. The lowest BCUT2D eigenvalue weighted by Gasteiger charge is -2.15. The molecule has 0 bridgehead atoms. The molecule has 1 aromatic rings. The molecule has 0 heterocycles. The molecule has 0 atom stereocenters. The van der Waals surface area contributed by atoms with E-state index < -0.39 is 23.5 Å². The van der Waals surface area contributed by atoms with Crippen LogP contribution >= 0.6 is 0 Å². The number of rotatable bonds is 2. The van der Waals surface area contributed by atoms with Crippen molar-refractivity contribution in [1.29, 1.82) is 0 Å². The number of carbonyl (C=O) groups excluding carboxylic acids is 1. The van der Waals surface area contributed by atoms with Crippen LogP contribution in [-0.4, -0.2) is 6.29 Å². The van der Waals surface area contributed by atoms with Crippen molar-refractivity contribution >= 4 is 11.9 Å². The molecule has 1 aromatic carbocycles. The van der Waals surface area contributed by atoms with Gasteiger partial charge in [-0.2, -0.15) is 26.3 Å². The average Bonchev–Trinajstić information content (AvgIpc) is 2.34. The summed E-state index contributed by atoms with van der Waals surface area (Å²) in [5.74, 6) is 0. The van der Waals surface area contributed by atoms with Crippen molar-refractivity contribution < 1.29 is 31.1 Å². The molecule has 1 rings (SSSR count). The Labute approximate surface area is 110 Å². The van der Waals surface area contributed by atoms with Crippen molar-refractivity contribution in [1.82, 2.24) is 0 Å². The van der Waals surface area contributed by atoms with Gasteiger partial charge < -0.3 is 0 Å². The summed E-state index contributed by atoms with van der Waals surface area (Å²) < 4.78 is 75.8. The Kier molecular flexibility index (Phi) is 4.31. The zero-order chi connectivity index (χ0) is 15.7. The molecule has 0 amide bonds. The van der Waals surface area contributed by atoms with E-state index in [1.165, 1.54) is 13.8 Å². The van der Waals surface area contributed by atoms with E-state index in [-0.39, 0.29) is 22.8 Å². The molecule has 0 aliphatic carbocycles. The van der Waals surface area contributed by atoms with Crippen molar-refractivity contribution in [2.45, 2.75) is 26.2 Å². The molecule has 0 spiro atoms. The molecule has 0 aromatic heterocycles. The van der Waals surface area contributed by atoms with E-state index in [0.29, 0.717) is 18.4 Å². The van der Waals surface area contributed by atoms with Gasteiger partial charge >= 0.3 is 12.4 Å². The van der Waals surface area contributed by atoms with Gasteiger partial charge in [-0.05, 0) is 48.8 Å². The number of carbonyl (C=O) groups is 1. The van der Waals surface area contributed by atoms with Crippen molar-refractivity contribution in [2.75, 3.05) is 0 Å². The predicted molar refractivity (Wildman–Crippen MR) is 60.8 cm³/mol. The fourth-order valence-electron chi connectivity index (χ4n) is 1.49. The minimum Gasteiger partial charge on any atom is -0.298 e. The molecular formula is C13H10F6O. The standard InChI is InChI=1S/C13H10F6O/c1-7(6-20)8(2)9-3-10(12(14,15)16)5-11(4-9)13(17,18)19/h3-6H,1-2H3/b8-7+. The molecule has 0 aliphatic rings. The predicted octanol–water partition coefficient (Wildman–Crippen LogP) is 4.72. The van der Waals surface area contributed by atoms with Gasteiger partial charge in [-0.3, -0.25) is 4.79 Å². The summed E-state index contributed by atoms with van der Waals surface area (Å²) in [5.41, 5.74) is -2.95. The second-order valence-corrected chi connectivity index (χ2v) is 4.22. The number of hydrogen-bond donors (Lipinski definition) is 0. The van der Waals surface area contributed by atoms with Crippen LogP contribution in [0.2, 0.25) is 0 Å². The van der Waals surface area contributed by atoms with Crippen LogP contribution in [0.3, 0.4) is 0 Å². The Morgan fingerprint density at radius 3 is 1.60 bits per heavy atom. The Morgan fingerprint density at radius 1 is 0.900 bits per heavy atom. The van der Waals surface area contributed by atoms with Crippen LogP contribution in [0.5, 0.6) is 0 Å². The SMILES string of the molecule is C/C(C=O)=C(/C)c1cc(C(F)(F)F)cc(C(F)(F)F)c1. The summed E-state index contributed by atoms with van der Waals surface area (Å²) in [6, 6.07) is 1.24. The van der Waals surface area contributed by atoms with Crippen LogP contribution in [0.4, 0.5) is 26.3 Å². The van der Waals surface area contributed by atoms with Crippen LogP contribution in [0.25, 0.3) is 5.57 Å². The summed E-state index contributed by atoms with van der Waals surface area (Å²) in [5, 5.41) is 0. The van der Waals surface area contributed by atoms with Gasteiger partial charge in [0.1, 0.15) is 6.29 Å². The van der Waals surface area contributed by atoms with Gasteiger partial charge in [-0.1, -0.05) is 0 Å². The maximum Gasteiger partial charge on any atom is 0.416 e. The van der Waals surface area contributed by atoms with Crippen LogP contribution < -0.4 is 0 Å². The Balaban J connectivity index is 3.59. The first-order valence-corrected chi connectivity index (χ1v) is 5.39. The van der Waals surface area contributed by atoms with Gasteiger partial charge in [0.25, 0.3) is 0 Å². The summed E-state index contributed by atoms with van der Waals surface area (Å²) in [6.07, 6.45) is -9.42. The van der Waals surface area contributed by atoms with E-state index in [0.717, 1.165) is 0 Å². The Morgan fingerprint density at radius 2 is 1.30 bits per heavy atom. The molecule has 0 N–H and O–H groups in total. The van der Waals surface area contributed by atoms with Crippen LogP contribution in [0, 0.1) is 0 Å². The van der Waals surface area contributed by atoms with Gasteiger partial charge in [0.2, 0.25) is 0 Å². The number of hydrogen-bond acceptors (Lipinski definition) is 1. The van der Waals surface area contributed by atoms with Crippen molar-refractivity contribution in [3.63, 3.8) is 0 Å². The molecule has 0 fully saturated rings. The number of alkyl halides is 6. The maximum atomic E-state index is 12.6. The second-order valence-electron chi connectivity index (χ2n) is 4.22. The summed E-state index contributed by atoms with van der Waals surface area (Å²) >= 11 is 0. The third kappa shape index (κ3) is 3.61. The van der Waals surface area contributed by atoms with E-state index in [9.17, 15) is 31.1 Å². The number of halogens is 6. The minimum absolute atomic E-state index is 0.0486. The topological polar surface area (TPSA) is 17.1 Å². The second kappa shape index (κ2) is 5.30. The van der Waals surface area contributed by atoms with Gasteiger partial charge in [-0.25, -0.2) is 0 Å².